The van der Waals surface area contributed by atoms with Crippen LogP contribution in [0.15, 0.2) is 29.2 Å². The zero-order chi connectivity index (χ0) is 13.8. The van der Waals surface area contributed by atoms with E-state index in [0.29, 0.717) is 10.8 Å². The summed E-state index contributed by atoms with van der Waals surface area (Å²) < 4.78 is 29.3. The summed E-state index contributed by atoms with van der Waals surface area (Å²) in [5.74, 6) is 0.442. The van der Waals surface area contributed by atoms with Gasteiger partial charge in [-0.15, -0.1) is 0 Å². The van der Waals surface area contributed by atoms with Gasteiger partial charge in [-0.05, 0) is 37.5 Å². The molecule has 0 radical (unpaired) electrons. The van der Waals surface area contributed by atoms with Gasteiger partial charge in [-0.3, -0.25) is 0 Å². The molecule has 0 aliphatic carbocycles. The molecule has 1 aromatic carbocycles. The lowest BCUT2D eigenvalue weighted by Gasteiger charge is -2.09. The minimum atomic E-state index is -3.22. The molecule has 102 valence electrons. The lowest BCUT2D eigenvalue weighted by Crippen LogP contribution is -2.15. The molecular formula is C14H22O3S. The Balaban J connectivity index is 2.73. The minimum absolute atomic E-state index is 0.0339. The second-order valence-corrected chi connectivity index (χ2v) is 7.07. The van der Waals surface area contributed by atoms with Crippen LogP contribution in [0.1, 0.15) is 39.2 Å². The average Bonchev–Trinajstić information content (AvgIpc) is 2.28. The molecule has 0 atom stereocenters. The lowest BCUT2D eigenvalue weighted by molar-refractivity contribution is 0.0912. The third-order valence-electron chi connectivity index (χ3n) is 2.71. The number of benzene rings is 1. The predicted octanol–water partition coefficient (Wildman–Crippen LogP) is 3.01. The molecule has 0 saturated carbocycles. The molecule has 1 aromatic rings. The van der Waals surface area contributed by atoms with Gasteiger partial charge in [0, 0.05) is 0 Å². The lowest BCUT2D eigenvalue weighted by atomic mass is 10.0. The predicted molar refractivity (Wildman–Crippen MR) is 73.7 cm³/mol. The molecule has 0 unspecified atom stereocenters. The van der Waals surface area contributed by atoms with Crippen molar-refractivity contribution in [2.75, 3.05) is 12.4 Å². The number of sulfone groups is 1. The van der Waals surface area contributed by atoms with E-state index in [9.17, 15) is 8.42 Å². The standard InChI is InChI=1S/C14H22O3S/c1-11(2)13-5-7-14(8-6-13)18(15,16)10-9-17-12(3)4/h5-8,11-12H,9-10H2,1-4H3. The second-order valence-electron chi connectivity index (χ2n) is 4.96. The Bertz CT molecular complexity index is 458. The molecule has 18 heavy (non-hydrogen) atoms. The van der Waals surface area contributed by atoms with Crippen LogP contribution in [-0.2, 0) is 14.6 Å². The van der Waals surface area contributed by atoms with Crippen molar-refractivity contribution in [2.45, 2.75) is 44.6 Å². The molecule has 0 N–H and O–H groups in total. The highest BCUT2D eigenvalue weighted by Crippen LogP contribution is 2.18. The van der Waals surface area contributed by atoms with Gasteiger partial charge in [0.2, 0.25) is 0 Å². The molecular weight excluding hydrogens is 248 g/mol. The molecule has 3 nitrogen and oxygen atoms in total. The van der Waals surface area contributed by atoms with Crippen molar-refractivity contribution in [3.8, 4) is 0 Å². The maximum absolute atomic E-state index is 12.0. The van der Waals surface area contributed by atoms with Crippen LogP contribution >= 0.6 is 0 Å². The molecule has 0 aromatic heterocycles. The van der Waals surface area contributed by atoms with Crippen molar-refractivity contribution in [1.29, 1.82) is 0 Å². The fraction of sp³-hybridized carbons (Fsp3) is 0.571. The van der Waals surface area contributed by atoms with E-state index in [0.717, 1.165) is 5.56 Å². The van der Waals surface area contributed by atoms with Crippen LogP contribution in [0.3, 0.4) is 0 Å². The van der Waals surface area contributed by atoms with Crippen LogP contribution in [-0.4, -0.2) is 26.9 Å². The Labute approximate surface area is 110 Å². The highest BCUT2D eigenvalue weighted by molar-refractivity contribution is 7.91. The van der Waals surface area contributed by atoms with Crippen LogP contribution in [0, 0.1) is 0 Å². The Morgan fingerprint density at radius 3 is 2.06 bits per heavy atom. The molecule has 0 saturated heterocycles. The van der Waals surface area contributed by atoms with Gasteiger partial charge in [0.1, 0.15) is 0 Å². The minimum Gasteiger partial charge on any atom is -0.378 e. The maximum Gasteiger partial charge on any atom is 0.180 e. The number of hydrogen-bond acceptors (Lipinski definition) is 3. The first kappa shape index (κ1) is 15.2. The zero-order valence-electron chi connectivity index (χ0n) is 11.5. The van der Waals surface area contributed by atoms with Gasteiger partial charge in [-0.1, -0.05) is 26.0 Å². The fourth-order valence-corrected chi connectivity index (χ4v) is 2.67. The molecule has 0 aliphatic heterocycles. The van der Waals surface area contributed by atoms with Crippen LogP contribution in [0.2, 0.25) is 0 Å². The second kappa shape index (κ2) is 6.34. The molecule has 1 rings (SSSR count). The third kappa shape index (κ3) is 4.42. The van der Waals surface area contributed by atoms with Crippen molar-refractivity contribution < 1.29 is 13.2 Å². The normalized spacial score (nSPS) is 12.3. The monoisotopic (exact) mass is 270 g/mol. The average molecular weight is 270 g/mol. The van der Waals surface area contributed by atoms with E-state index in [1.807, 2.05) is 26.0 Å². The molecule has 0 heterocycles. The van der Waals surface area contributed by atoms with Gasteiger partial charge in [0.05, 0.1) is 23.4 Å². The van der Waals surface area contributed by atoms with Gasteiger partial charge in [-0.25, -0.2) is 8.42 Å². The summed E-state index contributed by atoms with van der Waals surface area (Å²) in [5.41, 5.74) is 1.15. The first-order valence-corrected chi connectivity index (χ1v) is 7.92. The van der Waals surface area contributed by atoms with E-state index in [1.165, 1.54) is 0 Å². The molecule has 0 bridgehead atoms. The summed E-state index contributed by atoms with van der Waals surface area (Å²) in [7, 11) is -3.22. The van der Waals surface area contributed by atoms with E-state index in [2.05, 4.69) is 13.8 Å². The van der Waals surface area contributed by atoms with E-state index in [1.54, 1.807) is 12.1 Å². The topological polar surface area (TPSA) is 43.4 Å². The Morgan fingerprint density at radius 2 is 1.61 bits per heavy atom. The van der Waals surface area contributed by atoms with Gasteiger partial charge >= 0.3 is 0 Å². The summed E-state index contributed by atoms with van der Waals surface area (Å²) in [6.45, 7) is 8.19. The summed E-state index contributed by atoms with van der Waals surface area (Å²) >= 11 is 0. The van der Waals surface area contributed by atoms with Crippen LogP contribution in [0.4, 0.5) is 0 Å². The van der Waals surface area contributed by atoms with Crippen molar-refractivity contribution >= 4 is 9.84 Å². The highest BCUT2D eigenvalue weighted by Gasteiger charge is 2.14. The van der Waals surface area contributed by atoms with Crippen LogP contribution in [0.5, 0.6) is 0 Å². The SMILES string of the molecule is CC(C)OCCS(=O)(=O)c1ccc(C(C)C)cc1. The summed E-state index contributed by atoms with van der Waals surface area (Å²) in [5, 5.41) is 0. The summed E-state index contributed by atoms with van der Waals surface area (Å²) in [6, 6.07) is 7.11. The van der Waals surface area contributed by atoms with Crippen LogP contribution in [0.25, 0.3) is 0 Å². The van der Waals surface area contributed by atoms with Crippen molar-refractivity contribution in [3.05, 3.63) is 29.8 Å². The van der Waals surface area contributed by atoms with Crippen LogP contribution < -0.4 is 0 Å². The van der Waals surface area contributed by atoms with E-state index in [-0.39, 0.29) is 18.5 Å². The smallest absolute Gasteiger partial charge is 0.180 e. The summed E-state index contributed by atoms with van der Waals surface area (Å²) in [6.07, 6.45) is 0.0588. The maximum atomic E-state index is 12.0. The first-order chi connectivity index (χ1) is 8.33. The third-order valence-corrected chi connectivity index (χ3v) is 4.40. The zero-order valence-corrected chi connectivity index (χ0v) is 12.3. The molecule has 0 fully saturated rings. The molecule has 0 amide bonds. The Kier molecular flexibility index (Phi) is 5.35. The fourth-order valence-electron chi connectivity index (χ4n) is 1.57. The summed E-state index contributed by atoms with van der Waals surface area (Å²) in [4.78, 5) is 0.374. The van der Waals surface area contributed by atoms with Gasteiger partial charge in [-0.2, -0.15) is 0 Å². The number of rotatable bonds is 6. The molecule has 0 spiro atoms. The largest absolute Gasteiger partial charge is 0.378 e. The van der Waals surface area contributed by atoms with Gasteiger partial charge in [0.15, 0.2) is 9.84 Å². The number of ether oxygens (including phenoxy) is 1. The Morgan fingerprint density at radius 1 is 1.06 bits per heavy atom. The Hall–Kier alpha value is -0.870. The van der Waals surface area contributed by atoms with Crippen molar-refractivity contribution in [2.24, 2.45) is 0 Å². The molecule has 4 heteroatoms. The number of hydrogen-bond donors (Lipinski definition) is 0. The van der Waals surface area contributed by atoms with Crippen molar-refractivity contribution in [3.63, 3.8) is 0 Å². The first-order valence-electron chi connectivity index (χ1n) is 6.27. The van der Waals surface area contributed by atoms with Gasteiger partial charge in [0.25, 0.3) is 0 Å². The van der Waals surface area contributed by atoms with E-state index >= 15 is 0 Å². The van der Waals surface area contributed by atoms with Gasteiger partial charge < -0.3 is 4.74 Å². The van der Waals surface area contributed by atoms with E-state index < -0.39 is 9.84 Å². The quantitative estimate of drug-likeness (QED) is 0.798. The highest BCUT2D eigenvalue weighted by atomic mass is 32.2. The van der Waals surface area contributed by atoms with E-state index in [4.69, 9.17) is 4.74 Å². The molecule has 0 aliphatic rings. The van der Waals surface area contributed by atoms with Crippen molar-refractivity contribution in [1.82, 2.24) is 0 Å².